The number of nitrogens with one attached hydrogen (secondary N) is 2. The second-order valence-corrected chi connectivity index (χ2v) is 4.80. The summed E-state index contributed by atoms with van der Waals surface area (Å²) < 4.78 is 0.330. The Kier molecular flexibility index (Phi) is 4.45. The van der Waals surface area contributed by atoms with Crippen LogP contribution in [0, 0.1) is 10.1 Å². The zero-order valence-corrected chi connectivity index (χ0v) is 12.1. The maximum atomic E-state index is 12.1. The number of nitro benzene ring substituents is 1. The summed E-state index contributed by atoms with van der Waals surface area (Å²) in [4.78, 5) is 26.3. The third kappa shape index (κ3) is 3.33. The van der Waals surface area contributed by atoms with Crippen molar-refractivity contribution >= 4 is 38.9 Å². The largest absolute Gasteiger partial charge is 0.323 e. The van der Waals surface area contributed by atoms with Gasteiger partial charge in [0.15, 0.2) is 0 Å². The number of nitrogens with zero attached hydrogens (tertiary/aromatic N) is 2. The lowest BCUT2D eigenvalue weighted by Gasteiger charge is -2.09. The molecule has 21 heavy (non-hydrogen) atoms. The Bertz CT molecular complexity index is 707. The quantitative estimate of drug-likeness (QED) is 0.441. The number of nitrogen functional groups attached to an aromatic ring is 1. The van der Waals surface area contributed by atoms with Gasteiger partial charge in [0.25, 0.3) is 11.6 Å². The molecular formula is C12H10BrN5O3. The predicted molar refractivity (Wildman–Crippen MR) is 80.8 cm³/mol. The molecule has 0 fully saturated rings. The minimum Gasteiger partial charge on any atom is -0.323 e. The number of anilines is 2. The van der Waals surface area contributed by atoms with Crippen molar-refractivity contribution in [1.29, 1.82) is 0 Å². The molecule has 0 aliphatic rings. The smallest absolute Gasteiger partial charge is 0.285 e. The summed E-state index contributed by atoms with van der Waals surface area (Å²) in [5.41, 5.74) is 3.16. The van der Waals surface area contributed by atoms with Crippen molar-refractivity contribution in [2.45, 2.75) is 0 Å². The van der Waals surface area contributed by atoms with Gasteiger partial charge in [0.1, 0.15) is 0 Å². The van der Waals surface area contributed by atoms with Crippen LogP contribution in [-0.4, -0.2) is 15.8 Å². The van der Waals surface area contributed by atoms with Gasteiger partial charge in [-0.1, -0.05) is 0 Å². The first-order chi connectivity index (χ1) is 10.0. The number of carbonyl (C=O) groups excluding carboxylic acids is 1. The number of hydrogen-bond acceptors (Lipinski definition) is 6. The van der Waals surface area contributed by atoms with Crippen molar-refractivity contribution in [2.24, 2.45) is 5.84 Å². The zero-order valence-electron chi connectivity index (χ0n) is 10.5. The molecule has 8 nitrogen and oxygen atoms in total. The van der Waals surface area contributed by atoms with E-state index in [4.69, 9.17) is 5.84 Å². The number of nitro groups is 1. The van der Waals surface area contributed by atoms with Gasteiger partial charge < -0.3 is 10.7 Å². The van der Waals surface area contributed by atoms with Crippen LogP contribution in [0.4, 0.5) is 17.1 Å². The summed E-state index contributed by atoms with van der Waals surface area (Å²) in [5.74, 6) is 4.83. The average Bonchev–Trinajstić information content (AvgIpc) is 2.48. The van der Waals surface area contributed by atoms with Crippen molar-refractivity contribution in [3.8, 4) is 0 Å². The molecular weight excluding hydrogens is 342 g/mol. The first-order valence-electron chi connectivity index (χ1n) is 5.69. The Morgan fingerprint density at radius 3 is 2.81 bits per heavy atom. The maximum Gasteiger partial charge on any atom is 0.285 e. The van der Waals surface area contributed by atoms with E-state index in [1.807, 2.05) is 0 Å². The number of rotatable bonds is 4. The average molecular weight is 352 g/mol. The van der Waals surface area contributed by atoms with Crippen LogP contribution in [0.3, 0.4) is 0 Å². The maximum absolute atomic E-state index is 12.1. The molecule has 0 bridgehead atoms. The molecule has 2 rings (SSSR count). The molecule has 4 N–H and O–H groups in total. The highest BCUT2D eigenvalue weighted by Gasteiger charge is 2.15. The minimum absolute atomic E-state index is 0.142. The number of hydrazine groups is 1. The summed E-state index contributed by atoms with van der Waals surface area (Å²) in [6.45, 7) is 0. The SMILES string of the molecule is NNc1ccncc1C(=O)Nc1ccc(Br)c([N+](=O)[O-])c1. The first kappa shape index (κ1) is 14.9. The second kappa shape index (κ2) is 6.29. The van der Waals surface area contributed by atoms with Gasteiger partial charge in [0.2, 0.25) is 0 Å². The van der Waals surface area contributed by atoms with Crippen molar-refractivity contribution in [3.05, 3.63) is 56.8 Å². The van der Waals surface area contributed by atoms with E-state index >= 15 is 0 Å². The standard InChI is InChI=1S/C12H10BrN5O3/c13-9-2-1-7(5-11(9)18(20)21)16-12(19)8-6-15-4-3-10(8)17-14/h1-6H,14H2,(H,15,17)(H,16,19). The van der Waals surface area contributed by atoms with Crippen LogP contribution in [0.2, 0.25) is 0 Å². The molecule has 1 aromatic heterocycles. The predicted octanol–water partition coefficient (Wildman–Crippen LogP) is 2.29. The van der Waals surface area contributed by atoms with Crippen LogP contribution in [0.5, 0.6) is 0 Å². The highest BCUT2D eigenvalue weighted by atomic mass is 79.9. The zero-order chi connectivity index (χ0) is 15.4. The van der Waals surface area contributed by atoms with E-state index < -0.39 is 10.8 Å². The second-order valence-electron chi connectivity index (χ2n) is 3.94. The van der Waals surface area contributed by atoms with E-state index in [1.54, 1.807) is 12.1 Å². The van der Waals surface area contributed by atoms with Gasteiger partial charge in [-0.2, -0.15) is 0 Å². The minimum atomic E-state index is -0.545. The summed E-state index contributed by atoms with van der Waals surface area (Å²) >= 11 is 3.07. The molecule has 2 aromatic rings. The van der Waals surface area contributed by atoms with Gasteiger partial charge in [-0.25, -0.2) is 0 Å². The number of nitrogens with two attached hydrogens (primary N) is 1. The Hall–Kier alpha value is -2.52. The van der Waals surface area contributed by atoms with E-state index in [1.165, 1.54) is 24.5 Å². The molecule has 1 heterocycles. The number of aromatic nitrogens is 1. The molecule has 0 saturated heterocycles. The Morgan fingerprint density at radius 1 is 1.38 bits per heavy atom. The molecule has 1 amide bonds. The number of halogens is 1. The van der Waals surface area contributed by atoms with E-state index in [0.717, 1.165) is 0 Å². The summed E-state index contributed by atoms with van der Waals surface area (Å²) in [6, 6.07) is 5.83. The summed E-state index contributed by atoms with van der Waals surface area (Å²) in [7, 11) is 0. The van der Waals surface area contributed by atoms with Gasteiger partial charge in [-0.05, 0) is 34.1 Å². The Balaban J connectivity index is 2.28. The van der Waals surface area contributed by atoms with Crippen LogP contribution in [-0.2, 0) is 0 Å². The lowest BCUT2D eigenvalue weighted by Crippen LogP contribution is -2.17. The Labute approximate surface area is 127 Å². The van der Waals surface area contributed by atoms with Gasteiger partial charge in [-0.15, -0.1) is 0 Å². The topological polar surface area (TPSA) is 123 Å². The molecule has 0 aliphatic heterocycles. The molecule has 9 heteroatoms. The van der Waals surface area contributed by atoms with Crippen molar-refractivity contribution in [1.82, 2.24) is 4.98 Å². The molecule has 0 saturated carbocycles. The fraction of sp³-hybridized carbons (Fsp3) is 0. The van der Waals surface area contributed by atoms with E-state index in [-0.39, 0.29) is 11.3 Å². The lowest BCUT2D eigenvalue weighted by atomic mass is 10.2. The van der Waals surface area contributed by atoms with Gasteiger partial charge in [0.05, 0.1) is 20.6 Å². The van der Waals surface area contributed by atoms with Crippen LogP contribution in [0.1, 0.15) is 10.4 Å². The molecule has 108 valence electrons. The van der Waals surface area contributed by atoms with E-state index in [0.29, 0.717) is 15.8 Å². The monoisotopic (exact) mass is 351 g/mol. The molecule has 0 aliphatic carbocycles. The summed E-state index contributed by atoms with van der Waals surface area (Å²) in [6.07, 6.45) is 2.83. The Morgan fingerprint density at radius 2 is 2.14 bits per heavy atom. The lowest BCUT2D eigenvalue weighted by molar-refractivity contribution is -0.385. The van der Waals surface area contributed by atoms with Crippen molar-refractivity contribution in [3.63, 3.8) is 0 Å². The van der Waals surface area contributed by atoms with Crippen LogP contribution in [0.25, 0.3) is 0 Å². The number of benzene rings is 1. The highest BCUT2D eigenvalue weighted by molar-refractivity contribution is 9.10. The van der Waals surface area contributed by atoms with E-state index in [9.17, 15) is 14.9 Å². The summed E-state index contributed by atoms with van der Waals surface area (Å²) in [5, 5.41) is 13.4. The number of carbonyl (C=O) groups is 1. The normalized spacial score (nSPS) is 10.0. The molecule has 0 unspecified atom stereocenters. The van der Waals surface area contributed by atoms with Crippen LogP contribution in [0.15, 0.2) is 41.1 Å². The third-order valence-electron chi connectivity index (χ3n) is 2.62. The van der Waals surface area contributed by atoms with Crippen LogP contribution < -0.4 is 16.6 Å². The number of amides is 1. The van der Waals surface area contributed by atoms with Gasteiger partial charge >= 0.3 is 0 Å². The van der Waals surface area contributed by atoms with Crippen molar-refractivity contribution in [2.75, 3.05) is 10.7 Å². The first-order valence-corrected chi connectivity index (χ1v) is 6.48. The van der Waals surface area contributed by atoms with Crippen molar-refractivity contribution < 1.29 is 9.72 Å². The fourth-order valence-corrected chi connectivity index (χ4v) is 2.02. The highest BCUT2D eigenvalue weighted by Crippen LogP contribution is 2.28. The van der Waals surface area contributed by atoms with E-state index in [2.05, 4.69) is 31.7 Å². The van der Waals surface area contributed by atoms with Gasteiger partial charge in [-0.3, -0.25) is 25.7 Å². The van der Waals surface area contributed by atoms with Gasteiger partial charge in [0, 0.05) is 24.1 Å². The molecule has 1 aromatic carbocycles. The van der Waals surface area contributed by atoms with Crippen LogP contribution >= 0.6 is 15.9 Å². The fourth-order valence-electron chi connectivity index (χ4n) is 1.63. The molecule has 0 radical (unpaired) electrons. The number of pyridine rings is 1. The molecule has 0 spiro atoms. The third-order valence-corrected chi connectivity index (χ3v) is 3.29. The molecule has 0 atom stereocenters. The number of hydrogen-bond donors (Lipinski definition) is 3.